The quantitative estimate of drug-likeness (QED) is 0.604. The van der Waals surface area contributed by atoms with Crippen LogP contribution in [0.15, 0.2) is 6.33 Å². The number of H-pyrrole nitrogens is 1. The Balaban J connectivity index is 2.51. The maximum absolute atomic E-state index is 11.2. The lowest BCUT2D eigenvalue weighted by Crippen LogP contribution is -2.32. The van der Waals surface area contributed by atoms with E-state index in [0.717, 1.165) is 0 Å². The van der Waals surface area contributed by atoms with Crippen LogP contribution in [0, 0.1) is 5.92 Å². The highest BCUT2D eigenvalue weighted by molar-refractivity contribution is 5.92. The predicted octanol–water partition coefficient (Wildman–Crippen LogP) is -0.240. The van der Waals surface area contributed by atoms with Crippen LogP contribution in [0.1, 0.15) is 13.8 Å². The number of hydrogen-bond acceptors (Lipinski definition) is 4. The monoisotopic (exact) mass is 184 g/mol. The average Bonchev–Trinajstić information content (AvgIpc) is 2.55. The summed E-state index contributed by atoms with van der Waals surface area (Å²) in [5.41, 5.74) is 0. The maximum atomic E-state index is 11.2. The van der Waals surface area contributed by atoms with Crippen molar-refractivity contribution >= 4 is 11.9 Å². The number of aliphatic hydroxyl groups excluding tert-OH is 1. The lowest BCUT2D eigenvalue weighted by atomic mass is 10.1. The number of anilines is 1. The molecule has 0 spiro atoms. The van der Waals surface area contributed by atoms with E-state index in [0.29, 0.717) is 0 Å². The van der Waals surface area contributed by atoms with E-state index in [2.05, 4.69) is 20.5 Å². The summed E-state index contributed by atoms with van der Waals surface area (Å²) in [6.07, 6.45) is 0.252. The van der Waals surface area contributed by atoms with Crippen molar-refractivity contribution in [2.45, 2.75) is 20.0 Å². The summed E-state index contributed by atoms with van der Waals surface area (Å²) in [6.45, 7) is 3.51. The van der Waals surface area contributed by atoms with Crippen LogP contribution in [-0.4, -0.2) is 32.3 Å². The summed E-state index contributed by atoms with van der Waals surface area (Å²) in [4.78, 5) is 14.9. The highest BCUT2D eigenvalue weighted by Crippen LogP contribution is 2.03. The number of aromatic nitrogens is 3. The van der Waals surface area contributed by atoms with E-state index < -0.39 is 12.0 Å². The fourth-order valence-corrected chi connectivity index (χ4v) is 0.759. The minimum Gasteiger partial charge on any atom is -0.383 e. The molecule has 0 saturated carbocycles. The van der Waals surface area contributed by atoms with E-state index in [1.807, 2.05) is 0 Å². The normalized spacial score (nSPS) is 12.9. The molecule has 3 N–H and O–H groups in total. The largest absolute Gasteiger partial charge is 0.383 e. The molecule has 1 atom stereocenters. The van der Waals surface area contributed by atoms with Gasteiger partial charge in [0.15, 0.2) is 0 Å². The molecule has 0 aliphatic rings. The van der Waals surface area contributed by atoms with Crippen molar-refractivity contribution < 1.29 is 9.90 Å². The van der Waals surface area contributed by atoms with Crippen LogP contribution in [0.5, 0.6) is 0 Å². The van der Waals surface area contributed by atoms with Gasteiger partial charge in [-0.15, -0.1) is 0 Å². The molecular weight excluding hydrogens is 172 g/mol. The molecule has 0 aliphatic heterocycles. The predicted molar refractivity (Wildman–Crippen MR) is 45.9 cm³/mol. The third kappa shape index (κ3) is 2.51. The molecule has 0 unspecified atom stereocenters. The summed E-state index contributed by atoms with van der Waals surface area (Å²) in [5.74, 6) is -0.362. The summed E-state index contributed by atoms with van der Waals surface area (Å²) in [5, 5.41) is 17.7. The summed E-state index contributed by atoms with van der Waals surface area (Å²) < 4.78 is 0. The van der Waals surface area contributed by atoms with E-state index in [4.69, 9.17) is 0 Å². The fourth-order valence-electron chi connectivity index (χ4n) is 0.759. The van der Waals surface area contributed by atoms with E-state index in [1.54, 1.807) is 13.8 Å². The van der Waals surface area contributed by atoms with Crippen LogP contribution < -0.4 is 5.32 Å². The summed E-state index contributed by atoms with van der Waals surface area (Å²) in [6, 6.07) is 0. The highest BCUT2D eigenvalue weighted by atomic mass is 16.3. The Bertz CT molecular complexity index is 270. The molecule has 6 nitrogen and oxygen atoms in total. The molecule has 72 valence electrons. The lowest BCUT2D eigenvalue weighted by molar-refractivity contribution is -0.126. The zero-order valence-electron chi connectivity index (χ0n) is 7.48. The van der Waals surface area contributed by atoms with Crippen LogP contribution in [-0.2, 0) is 4.79 Å². The third-order valence-electron chi connectivity index (χ3n) is 1.56. The minimum absolute atomic E-state index is 0.122. The van der Waals surface area contributed by atoms with Gasteiger partial charge in [-0.25, -0.2) is 5.10 Å². The van der Waals surface area contributed by atoms with Gasteiger partial charge in [-0.1, -0.05) is 13.8 Å². The Morgan fingerprint density at radius 3 is 2.85 bits per heavy atom. The maximum Gasteiger partial charge on any atom is 0.255 e. The van der Waals surface area contributed by atoms with Gasteiger partial charge in [0.05, 0.1) is 0 Å². The van der Waals surface area contributed by atoms with E-state index in [-0.39, 0.29) is 11.9 Å². The zero-order chi connectivity index (χ0) is 9.84. The van der Waals surface area contributed by atoms with Gasteiger partial charge in [0, 0.05) is 0 Å². The van der Waals surface area contributed by atoms with Crippen molar-refractivity contribution in [2.24, 2.45) is 5.92 Å². The molecule has 0 aromatic carbocycles. The van der Waals surface area contributed by atoms with Crippen molar-refractivity contribution in [3.05, 3.63) is 6.33 Å². The molecule has 13 heavy (non-hydrogen) atoms. The first-order chi connectivity index (χ1) is 6.11. The Morgan fingerprint density at radius 2 is 2.38 bits per heavy atom. The van der Waals surface area contributed by atoms with E-state index >= 15 is 0 Å². The first-order valence-corrected chi connectivity index (χ1v) is 3.95. The Kier molecular flexibility index (Phi) is 2.97. The number of amides is 1. The molecule has 1 amide bonds. The Labute approximate surface area is 75.4 Å². The van der Waals surface area contributed by atoms with Gasteiger partial charge in [0.25, 0.3) is 5.91 Å². The number of rotatable bonds is 3. The topological polar surface area (TPSA) is 90.9 Å². The standard InChI is InChI=1S/C7H12N4O2/c1-4(2)5(12)6(13)10-7-8-3-9-11-7/h3-5,12H,1-2H3,(H2,8,9,10,11,13)/t5-/m1/s1. The van der Waals surface area contributed by atoms with Gasteiger partial charge in [0.2, 0.25) is 5.95 Å². The molecule has 1 heterocycles. The third-order valence-corrected chi connectivity index (χ3v) is 1.56. The number of nitrogens with zero attached hydrogens (tertiary/aromatic N) is 2. The Morgan fingerprint density at radius 1 is 1.69 bits per heavy atom. The van der Waals surface area contributed by atoms with Crippen LogP contribution in [0.3, 0.4) is 0 Å². The van der Waals surface area contributed by atoms with Crippen LogP contribution in [0.25, 0.3) is 0 Å². The van der Waals surface area contributed by atoms with Gasteiger partial charge in [-0.2, -0.15) is 10.1 Å². The van der Waals surface area contributed by atoms with Gasteiger partial charge in [-0.05, 0) is 5.92 Å². The molecule has 0 radical (unpaired) electrons. The number of nitrogens with one attached hydrogen (secondary N) is 2. The molecular formula is C7H12N4O2. The summed E-state index contributed by atoms with van der Waals surface area (Å²) >= 11 is 0. The van der Waals surface area contributed by atoms with Gasteiger partial charge >= 0.3 is 0 Å². The molecule has 0 bridgehead atoms. The molecule has 0 fully saturated rings. The first kappa shape index (κ1) is 9.66. The molecule has 1 aromatic heterocycles. The zero-order valence-corrected chi connectivity index (χ0v) is 7.48. The molecule has 1 aromatic rings. The van der Waals surface area contributed by atoms with Crippen LogP contribution in [0.2, 0.25) is 0 Å². The lowest BCUT2D eigenvalue weighted by Gasteiger charge is -2.12. The second-order valence-electron chi connectivity index (χ2n) is 3.01. The molecule has 0 saturated heterocycles. The first-order valence-electron chi connectivity index (χ1n) is 3.95. The van der Waals surface area contributed by atoms with Crippen molar-refractivity contribution in [3.8, 4) is 0 Å². The average molecular weight is 184 g/mol. The molecule has 0 aliphatic carbocycles. The van der Waals surface area contributed by atoms with Gasteiger partial charge in [0.1, 0.15) is 12.4 Å². The number of aromatic amines is 1. The van der Waals surface area contributed by atoms with E-state index in [9.17, 15) is 9.90 Å². The van der Waals surface area contributed by atoms with Crippen molar-refractivity contribution in [2.75, 3.05) is 5.32 Å². The van der Waals surface area contributed by atoms with Gasteiger partial charge < -0.3 is 5.11 Å². The van der Waals surface area contributed by atoms with Crippen LogP contribution >= 0.6 is 0 Å². The number of aliphatic hydroxyl groups is 1. The number of hydrogen-bond donors (Lipinski definition) is 3. The second kappa shape index (κ2) is 3.99. The fraction of sp³-hybridized carbons (Fsp3) is 0.571. The van der Waals surface area contributed by atoms with Crippen molar-refractivity contribution in [1.82, 2.24) is 15.2 Å². The van der Waals surface area contributed by atoms with Crippen LogP contribution in [0.4, 0.5) is 5.95 Å². The molecule has 6 heteroatoms. The SMILES string of the molecule is CC(C)[C@@H](O)C(=O)Nc1ncn[nH]1. The van der Waals surface area contributed by atoms with Crippen molar-refractivity contribution in [1.29, 1.82) is 0 Å². The Hall–Kier alpha value is -1.43. The minimum atomic E-state index is -1.02. The number of carbonyl (C=O) groups excluding carboxylic acids is 1. The smallest absolute Gasteiger partial charge is 0.255 e. The highest BCUT2D eigenvalue weighted by Gasteiger charge is 2.19. The summed E-state index contributed by atoms with van der Waals surface area (Å²) in [7, 11) is 0. The number of carbonyl (C=O) groups is 1. The van der Waals surface area contributed by atoms with E-state index in [1.165, 1.54) is 6.33 Å². The van der Waals surface area contributed by atoms with Gasteiger partial charge in [-0.3, -0.25) is 10.1 Å². The second-order valence-corrected chi connectivity index (χ2v) is 3.01. The molecule has 1 rings (SSSR count). The van der Waals surface area contributed by atoms with Crippen molar-refractivity contribution in [3.63, 3.8) is 0 Å².